The molecular formula is C22H21BrClN3O3. The van der Waals surface area contributed by atoms with Crippen molar-refractivity contribution in [1.82, 2.24) is 9.55 Å². The molecule has 0 bridgehead atoms. The van der Waals surface area contributed by atoms with Crippen molar-refractivity contribution in [3.8, 4) is 17.5 Å². The van der Waals surface area contributed by atoms with E-state index < -0.39 is 11.8 Å². The number of aromatic nitrogens is 2. The Kier molecular flexibility index (Phi) is 5.85. The Hall–Kier alpha value is -2.56. The van der Waals surface area contributed by atoms with Crippen LogP contribution in [0.2, 0.25) is 5.02 Å². The maximum atomic E-state index is 12.2. The summed E-state index contributed by atoms with van der Waals surface area (Å²) in [4.78, 5) is 16.9. The predicted octanol–water partition coefficient (Wildman–Crippen LogP) is 6.55. The zero-order valence-electron chi connectivity index (χ0n) is 17.6. The third kappa shape index (κ3) is 4.16. The minimum Gasteiger partial charge on any atom is -0.428 e. The van der Waals surface area contributed by atoms with E-state index in [-0.39, 0.29) is 5.75 Å². The lowest BCUT2D eigenvalue weighted by Crippen LogP contribution is -2.26. The van der Waals surface area contributed by atoms with E-state index in [0.29, 0.717) is 26.4 Å². The van der Waals surface area contributed by atoms with Gasteiger partial charge in [0.15, 0.2) is 5.75 Å². The molecule has 1 aromatic carbocycles. The second-order valence-corrected chi connectivity index (χ2v) is 9.19. The van der Waals surface area contributed by atoms with Gasteiger partial charge in [0.2, 0.25) is 0 Å². The number of pyridine rings is 1. The molecule has 0 spiro atoms. The molecule has 0 atom stereocenters. The molecule has 8 heteroatoms. The van der Waals surface area contributed by atoms with Gasteiger partial charge in [-0.2, -0.15) is 5.26 Å². The second-order valence-electron chi connectivity index (χ2n) is 8.04. The summed E-state index contributed by atoms with van der Waals surface area (Å²) >= 11 is 9.85. The Morgan fingerprint density at radius 1 is 1.23 bits per heavy atom. The zero-order chi connectivity index (χ0) is 22.4. The Morgan fingerprint density at radius 2 is 1.90 bits per heavy atom. The third-order valence-electron chi connectivity index (χ3n) is 4.47. The molecule has 0 amide bonds. The molecule has 0 unspecified atom stereocenters. The number of nitriles is 1. The molecule has 0 saturated heterocycles. The predicted molar refractivity (Wildman–Crippen MR) is 120 cm³/mol. The lowest BCUT2D eigenvalue weighted by Gasteiger charge is -2.21. The first-order valence-electron chi connectivity index (χ1n) is 9.22. The van der Waals surface area contributed by atoms with Crippen LogP contribution in [0.4, 0.5) is 4.79 Å². The van der Waals surface area contributed by atoms with Gasteiger partial charge in [-0.3, -0.25) is 4.57 Å². The number of halogens is 2. The molecule has 0 fully saturated rings. The van der Waals surface area contributed by atoms with Crippen LogP contribution in [0, 0.1) is 32.1 Å². The molecule has 0 radical (unpaired) electrons. The van der Waals surface area contributed by atoms with Crippen molar-refractivity contribution < 1.29 is 14.3 Å². The van der Waals surface area contributed by atoms with Gasteiger partial charge in [-0.05, 0) is 80.7 Å². The van der Waals surface area contributed by atoms with E-state index in [0.717, 1.165) is 22.2 Å². The number of aryl methyl sites for hydroxylation is 2. The highest BCUT2D eigenvalue weighted by Crippen LogP contribution is 2.38. The van der Waals surface area contributed by atoms with Crippen molar-refractivity contribution in [2.75, 3.05) is 0 Å². The van der Waals surface area contributed by atoms with Crippen LogP contribution in [0.1, 0.15) is 43.0 Å². The third-order valence-corrected chi connectivity index (χ3v) is 5.56. The number of fused-ring (bicyclic) bond motifs is 1. The maximum Gasteiger partial charge on any atom is 0.514 e. The van der Waals surface area contributed by atoms with Gasteiger partial charge in [-0.25, -0.2) is 9.78 Å². The Morgan fingerprint density at radius 3 is 2.50 bits per heavy atom. The van der Waals surface area contributed by atoms with Crippen molar-refractivity contribution in [1.29, 1.82) is 5.26 Å². The highest BCUT2D eigenvalue weighted by molar-refractivity contribution is 9.10. The van der Waals surface area contributed by atoms with Gasteiger partial charge >= 0.3 is 6.16 Å². The van der Waals surface area contributed by atoms with Gasteiger partial charge in [-0.15, -0.1) is 0 Å². The summed E-state index contributed by atoms with van der Waals surface area (Å²) in [6, 6.07) is 5.85. The van der Waals surface area contributed by atoms with E-state index in [1.165, 1.54) is 0 Å². The number of benzene rings is 1. The van der Waals surface area contributed by atoms with Crippen molar-refractivity contribution in [3.05, 3.63) is 50.2 Å². The van der Waals surface area contributed by atoms with Crippen molar-refractivity contribution >= 4 is 44.7 Å². The van der Waals surface area contributed by atoms with E-state index in [4.69, 9.17) is 21.1 Å². The number of nitrogens with zero attached hydrogens (tertiary/aromatic N) is 3. The topological polar surface area (TPSA) is 77.1 Å². The van der Waals surface area contributed by atoms with E-state index in [1.54, 1.807) is 40.0 Å². The van der Waals surface area contributed by atoms with E-state index in [1.807, 2.05) is 24.5 Å². The van der Waals surface area contributed by atoms with Crippen LogP contribution in [-0.2, 0) is 4.74 Å². The summed E-state index contributed by atoms with van der Waals surface area (Å²) in [5.41, 5.74) is 3.54. The van der Waals surface area contributed by atoms with Crippen LogP contribution in [0.5, 0.6) is 5.75 Å². The number of carbonyl (C=O) groups excluding carboxylic acids is 1. The smallest absolute Gasteiger partial charge is 0.428 e. The number of carbonyl (C=O) groups is 1. The standard InChI is InChI=1S/C22H21BrClN3O3/c1-11-8-16(24)18(29-21(28)30-22(4,5)6)13(3)17(11)27-10-14(9-25)15-7-12(2)19(23)26-20(15)27/h7-8,10H,1-6H3. The Balaban J connectivity index is 2.22. The average Bonchev–Trinajstić information content (AvgIpc) is 2.95. The molecule has 0 aliphatic heterocycles. The fourth-order valence-electron chi connectivity index (χ4n) is 3.24. The SMILES string of the molecule is Cc1cc2c(C#N)cn(-c3c(C)cc(Cl)c(OC(=O)OC(C)(C)C)c3C)c2nc1Br. The van der Waals surface area contributed by atoms with Gasteiger partial charge in [0.25, 0.3) is 0 Å². The summed E-state index contributed by atoms with van der Waals surface area (Å²) in [5, 5.41) is 10.6. The lowest BCUT2D eigenvalue weighted by atomic mass is 10.1. The lowest BCUT2D eigenvalue weighted by molar-refractivity contribution is 0.0205. The van der Waals surface area contributed by atoms with Gasteiger partial charge in [-0.1, -0.05) is 11.6 Å². The average molecular weight is 491 g/mol. The first kappa shape index (κ1) is 22.1. The monoisotopic (exact) mass is 489 g/mol. The highest BCUT2D eigenvalue weighted by atomic mass is 79.9. The van der Waals surface area contributed by atoms with Crippen molar-refractivity contribution in [3.63, 3.8) is 0 Å². The van der Waals surface area contributed by atoms with Crippen LogP contribution in [0.15, 0.2) is 22.9 Å². The maximum absolute atomic E-state index is 12.2. The van der Waals surface area contributed by atoms with Crippen LogP contribution < -0.4 is 4.74 Å². The summed E-state index contributed by atoms with van der Waals surface area (Å²) in [6.07, 6.45) is 0.887. The Bertz CT molecular complexity index is 1220. The molecule has 0 aliphatic carbocycles. The molecule has 3 aromatic rings. The zero-order valence-corrected chi connectivity index (χ0v) is 19.9. The van der Waals surface area contributed by atoms with Crippen LogP contribution >= 0.6 is 27.5 Å². The van der Waals surface area contributed by atoms with Crippen LogP contribution in [0.25, 0.3) is 16.7 Å². The van der Waals surface area contributed by atoms with Gasteiger partial charge in [0.1, 0.15) is 21.9 Å². The molecule has 30 heavy (non-hydrogen) atoms. The molecule has 6 nitrogen and oxygen atoms in total. The number of ether oxygens (including phenoxy) is 2. The molecule has 156 valence electrons. The van der Waals surface area contributed by atoms with Gasteiger partial charge in [0.05, 0.1) is 16.3 Å². The minimum atomic E-state index is -0.839. The second kappa shape index (κ2) is 7.93. The fraction of sp³-hybridized carbons (Fsp3) is 0.318. The molecule has 2 aromatic heterocycles. The fourth-order valence-corrected chi connectivity index (χ4v) is 3.87. The number of hydrogen-bond acceptors (Lipinski definition) is 5. The van der Waals surface area contributed by atoms with E-state index in [2.05, 4.69) is 27.0 Å². The summed E-state index contributed by atoms with van der Waals surface area (Å²) in [7, 11) is 0. The molecule has 0 saturated carbocycles. The minimum absolute atomic E-state index is 0.207. The molecule has 0 aliphatic rings. The summed E-state index contributed by atoms with van der Waals surface area (Å²) < 4.78 is 13.2. The van der Waals surface area contributed by atoms with Crippen molar-refractivity contribution in [2.24, 2.45) is 0 Å². The van der Waals surface area contributed by atoms with E-state index in [9.17, 15) is 10.1 Å². The quantitative estimate of drug-likeness (QED) is 0.231. The largest absolute Gasteiger partial charge is 0.514 e. The van der Waals surface area contributed by atoms with Crippen LogP contribution in [-0.4, -0.2) is 21.3 Å². The van der Waals surface area contributed by atoms with Gasteiger partial charge in [0, 0.05) is 17.1 Å². The molecule has 2 heterocycles. The van der Waals surface area contributed by atoms with Gasteiger partial charge < -0.3 is 9.47 Å². The van der Waals surface area contributed by atoms with E-state index >= 15 is 0 Å². The highest BCUT2D eigenvalue weighted by Gasteiger charge is 2.24. The molecular weight excluding hydrogens is 470 g/mol. The van der Waals surface area contributed by atoms with Crippen LogP contribution in [0.3, 0.4) is 0 Å². The Labute approximate surface area is 188 Å². The first-order valence-corrected chi connectivity index (χ1v) is 10.4. The number of rotatable bonds is 2. The number of hydrogen-bond donors (Lipinski definition) is 0. The molecule has 0 N–H and O–H groups in total. The summed E-state index contributed by atoms with van der Waals surface area (Å²) in [6.45, 7) is 10.9. The van der Waals surface area contributed by atoms with Crippen molar-refractivity contribution in [2.45, 2.75) is 47.1 Å². The normalized spacial score (nSPS) is 11.4. The first-order chi connectivity index (χ1) is 13.9. The summed E-state index contributed by atoms with van der Waals surface area (Å²) in [5.74, 6) is 0.207. The molecule has 3 rings (SSSR count).